The summed E-state index contributed by atoms with van der Waals surface area (Å²) in [5, 5.41) is 12.5. The van der Waals surface area contributed by atoms with Crippen LogP contribution in [0.2, 0.25) is 0 Å². The fourth-order valence-corrected chi connectivity index (χ4v) is 0.891. The smallest absolute Gasteiger partial charge is 0.0715 e. The van der Waals surface area contributed by atoms with E-state index in [2.05, 4.69) is 5.32 Å². The molecule has 74 valence electrons. The average molecular weight is 175 g/mol. The van der Waals surface area contributed by atoms with Crippen molar-refractivity contribution in [3.8, 4) is 0 Å². The summed E-state index contributed by atoms with van der Waals surface area (Å²) in [7, 11) is 1.71. The Morgan fingerprint density at radius 3 is 2.50 bits per heavy atom. The maximum atomic E-state index is 9.33. The van der Waals surface area contributed by atoms with Gasteiger partial charge in [0.2, 0.25) is 0 Å². The summed E-state index contributed by atoms with van der Waals surface area (Å²) in [5.74, 6) is 0. The third kappa shape index (κ3) is 9.88. The number of rotatable bonds is 7. The van der Waals surface area contributed by atoms with E-state index in [4.69, 9.17) is 4.74 Å². The zero-order chi connectivity index (χ0) is 9.45. The average Bonchev–Trinajstić information content (AvgIpc) is 1.94. The van der Waals surface area contributed by atoms with E-state index in [1.165, 1.54) is 0 Å². The Bertz CT molecular complexity index is 99.2. The molecule has 0 aromatic heterocycles. The lowest BCUT2D eigenvalue weighted by Gasteiger charge is -2.17. The molecule has 0 amide bonds. The molecule has 0 saturated carbocycles. The summed E-state index contributed by atoms with van der Waals surface area (Å²) in [4.78, 5) is 0. The van der Waals surface area contributed by atoms with Crippen molar-refractivity contribution in [3.05, 3.63) is 0 Å². The molecule has 3 heteroatoms. The van der Waals surface area contributed by atoms with Crippen LogP contribution >= 0.6 is 0 Å². The molecule has 12 heavy (non-hydrogen) atoms. The summed E-state index contributed by atoms with van der Waals surface area (Å²) < 4.78 is 4.91. The van der Waals surface area contributed by atoms with Crippen LogP contribution in [0, 0.1) is 0 Å². The molecule has 0 aliphatic carbocycles. The minimum absolute atomic E-state index is 0.596. The molecular formula is C9H21NO2. The van der Waals surface area contributed by atoms with Crippen molar-refractivity contribution in [2.45, 2.75) is 32.3 Å². The molecule has 0 aromatic rings. The molecule has 0 aliphatic heterocycles. The Balaban J connectivity index is 3.01. The number of nitrogens with one attached hydrogen (secondary N) is 1. The normalized spacial score (nSPS) is 12.0. The Labute approximate surface area is 75.1 Å². The van der Waals surface area contributed by atoms with Crippen molar-refractivity contribution in [1.29, 1.82) is 0 Å². The second-order valence-corrected chi connectivity index (χ2v) is 3.69. The molecule has 0 bridgehead atoms. The van der Waals surface area contributed by atoms with Gasteiger partial charge in [0.15, 0.2) is 0 Å². The zero-order valence-corrected chi connectivity index (χ0v) is 8.39. The largest absolute Gasteiger partial charge is 0.389 e. The second-order valence-electron chi connectivity index (χ2n) is 3.69. The first-order valence-electron chi connectivity index (χ1n) is 4.48. The topological polar surface area (TPSA) is 41.5 Å². The van der Waals surface area contributed by atoms with Crippen LogP contribution in [0.15, 0.2) is 0 Å². The highest BCUT2D eigenvalue weighted by Crippen LogP contribution is 1.97. The van der Waals surface area contributed by atoms with Gasteiger partial charge < -0.3 is 15.2 Å². The summed E-state index contributed by atoms with van der Waals surface area (Å²) in [6.45, 7) is 6.03. The number of hydrogen-bond donors (Lipinski definition) is 2. The van der Waals surface area contributed by atoms with E-state index in [9.17, 15) is 5.11 Å². The molecule has 0 fully saturated rings. The molecule has 0 spiro atoms. The van der Waals surface area contributed by atoms with Gasteiger partial charge in [-0.25, -0.2) is 0 Å². The summed E-state index contributed by atoms with van der Waals surface area (Å²) in [6, 6.07) is 0. The highest BCUT2D eigenvalue weighted by molar-refractivity contribution is 4.67. The maximum Gasteiger partial charge on any atom is 0.0715 e. The van der Waals surface area contributed by atoms with Crippen LogP contribution in [0.1, 0.15) is 26.7 Å². The molecule has 0 heterocycles. The lowest BCUT2D eigenvalue weighted by Crippen LogP contribution is -2.35. The van der Waals surface area contributed by atoms with Gasteiger partial charge in [-0.1, -0.05) is 0 Å². The first-order chi connectivity index (χ1) is 5.56. The van der Waals surface area contributed by atoms with Gasteiger partial charge in [-0.2, -0.15) is 0 Å². The van der Waals surface area contributed by atoms with Gasteiger partial charge in [0.1, 0.15) is 0 Å². The highest BCUT2D eigenvalue weighted by Gasteiger charge is 2.10. The van der Waals surface area contributed by atoms with Gasteiger partial charge in [-0.3, -0.25) is 0 Å². The van der Waals surface area contributed by atoms with Crippen molar-refractivity contribution in [3.63, 3.8) is 0 Å². The van der Waals surface area contributed by atoms with Gasteiger partial charge in [-0.15, -0.1) is 0 Å². The minimum Gasteiger partial charge on any atom is -0.389 e. The van der Waals surface area contributed by atoms with Crippen LogP contribution in [0.25, 0.3) is 0 Å². The van der Waals surface area contributed by atoms with E-state index in [1.54, 1.807) is 21.0 Å². The molecule has 3 nitrogen and oxygen atoms in total. The molecule has 0 unspecified atom stereocenters. The van der Waals surface area contributed by atoms with Crippen LogP contribution in [0.3, 0.4) is 0 Å². The standard InChI is InChI=1S/C9H21NO2/c1-9(2,11)8-10-6-4-5-7-12-3/h10-11H,4-8H2,1-3H3. The number of unbranched alkanes of at least 4 members (excludes halogenated alkanes) is 1. The first-order valence-corrected chi connectivity index (χ1v) is 4.48. The molecule has 0 aromatic carbocycles. The van der Waals surface area contributed by atoms with Crippen molar-refractivity contribution in [2.24, 2.45) is 0 Å². The van der Waals surface area contributed by atoms with Gasteiger partial charge >= 0.3 is 0 Å². The van der Waals surface area contributed by atoms with Crippen molar-refractivity contribution in [2.75, 3.05) is 26.8 Å². The number of aliphatic hydroxyl groups is 1. The third-order valence-corrected chi connectivity index (χ3v) is 1.51. The minimum atomic E-state index is -0.596. The fraction of sp³-hybridized carbons (Fsp3) is 1.00. The van der Waals surface area contributed by atoms with Crippen molar-refractivity contribution in [1.82, 2.24) is 5.32 Å². The van der Waals surface area contributed by atoms with Gasteiger partial charge in [0, 0.05) is 20.3 Å². The molecular weight excluding hydrogens is 154 g/mol. The molecule has 0 saturated heterocycles. The Kier molecular flexibility index (Phi) is 6.34. The Hall–Kier alpha value is -0.120. The van der Waals surface area contributed by atoms with Crippen molar-refractivity contribution < 1.29 is 9.84 Å². The second kappa shape index (κ2) is 6.40. The predicted octanol–water partition coefficient (Wildman–Crippen LogP) is 0.774. The van der Waals surface area contributed by atoms with E-state index >= 15 is 0 Å². The Morgan fingerprint density at radius 2 is 2.00 bits per heavy atom. The molecule has 2 N–H and O–H groups in total. The SMILES string of the molecule is COCCCCNCC(C)(C)O. The van der Waals surface area contributed by atoms with Gasteiger partial charge in [0.05, 0.1) is 5.60 Å². The highest BCUT2D eigenvalue weighted by atomic mass is 16.5. The van der Waals surface area contributed by atoms with Gasteiger partial charge in [-0.05, 0) is 33.2 Å². The van der Waals surface area contributed by atoms with Crippen LogP contribution in [-0.4, -0.2) is 37.5 Å². The first kappa shape index (κ1) is 11.9. The van der Waals surface area contributed by atoms with Crippen LogP contribution in [-0.2, 0) is 4.74 Å². The van der Waals surface area contributed by atoms with E-state index in [0.717, 1.165) is 26.0 Å². The molecule has 0 aliphatic rings. The van der Waals surface area contributed by atoms with Crippen LogP contribution < -0.4 is 5.32 Å². The Morgan fingerprint density at radius 1 is 1.33 bits per heavy atom. The predicted molar refractivity (Wildman–Crippen MR) is 50.3 cm³/mol. The zero-order valence-electron chi connectivity index (χ0n) is 8.39. The van der Waals surface area contributed by atoms with Crippen LogP contribution in [0.4, 0.5) is 0 Å². The lowest BCUT2D eigenvalue weighted by atomic mass is 10.1. The van der Waals surface area contributed by atoms with E-state index in [-0.39, 0.29) is 0 Å². The third-order valence-electron chi connectivity index (χ3n) is 1.51. The molecule has 0 atom stereocenters. The molecule has 0 radical (unpaired) electrons. The summed E-state index contributed by atoms with van der Waals surface area (Å²) in [5.41, 5.74) is -0.596. The molecule has 0 rings (SSSR count). The van der Waals surface area contributed by atoms with E-state index < -0.39 is 5.60 Å². The maximum absolute atomic E-state index is 9.33. The number of ether oxygens (including phenoxy) is 1. The van der Waals surface area contributed by atoms with Gasteiger partial charge in [0.25, 0.3) is 0 Å². The monoisotopic (exact) mass is 175 g/mol. The number of methoxy groups -OCH3 is 1. The van der Waals surface area contributed by atoms with E-state index in [0.29, 0.717) is 6.54 Å². The van der Waals surface area contributed by atoms with E-state index in [1.807, 2.05) is 0 Å². The van der Waals surface area contributed by atoms with Crippen molar-refractivity contribution >= 4 is 0 Å². The van der Waals surface area contributed by atoms with Crippen LogP contribution in [0.5, 0.6) is 0 Å². The fourth-order valence-electron chi connectivity index (χ4n) is 0.891. The number of hydrogen-bond acceptors (Lipinski definition) is 3. The lowest BCUT2D eigenvalue weighted by molar-refractivity contribution is 0.0797. The summed E-state index contributed by atoms with van der Waals surface area (Å²) in [6.07, 6.45) is 2.18. The summed E-state index contributed by atoms with van der Waals surface area (Å²) >= 11 is 0. The quantitative estimate of drug-likeness (QED) is 0.562.